The number of amides is 2. The van der Waals surface area contributed by atoms with Crippen LogP contribution in [0.2, 0.25) is 10.0 Å². The number of hydrogen-bond acceptors (Lipinski definition) is 3. The number of rotatable bonds is 9. The summed E-state index contributed by atoms with van der Waals surface area (Å²) < 4.78 is 5.21. The van der Waals surface area contributed by atoms with Crippen LogP contribution in [0.25, 0.3) is 0 Å². The minimum Gasteiger partial charge on any atom is -0.497 e. The Morgan fingerprint density at radius 1 is 0.970 bits per heavy atom. The number of hydrogen-bond donors (Lipinski definition) is 1. The highest BCUT2D eigenvalue weighted by atomic mass is 35.5. The molecule has 3 aromatic carbocycles. The van der Waals surface area contributed by atoms with E-state index in [0.29, 0.717) is 23.0 Å². The first-order valence-electron chi connectivity index (χ1n) is 10.5. The molecule has 2 amide bonds. The van der Waals surface area contributed by atoms with Crippen LogP contribution in [0.4, 0.5) is 0 Å². The van der Waals surface area contributed by atoms with Crippen molar-refractivity contribution in [1.82, 2.24) is 10.2 Å². The van der Waals surface area contributed by atoms with Crippen molar-refractivity contribution in [2.24, 2.45) is 0 Å². The van der Waals surface area contributed by atoms with Gasteiger partial charge in [0.15, 0.2) is 0 Å². The predicted molar refractivity (Wildman–Crippen MR) is 131 cm³/mol. The van der Waals surface area contributed by atoms with E-state index in [1.165, 1.54) is 6.92 Å². The average molecular weight is 485 g/mol. The molecule has 0 aliphatic rings. The zero-order chi connectivity index (χ0) is 23.8. The number of halogens is 2. The highest BCUT2D eigenvalue weighted by molar-refractivity contribution is 6.35. The molecule has 0 bridgehead atoms. The zero-order valence-electron chi connectivity index (χ0n) is 18.6. The first kappa shape index (κ1) is 24.6. The molecule has 0 fully saturated rings. The number of ether oxygens (including phenoxy) is 1. The molecule has 3 aromatic rings. The van der Waals surface area contributed by atoms with Gasteiger partial charge in [0.2, 0.25) is 11.8 Å². The van der Waals surface area contributed by atoms with E-state index in [-0.39, 0.29) is 18.4 Å². The average Bonchev–Trinajstić information content (AvgIpc) is 2.81. The zero-order valence-corrected chi connectivity index (χ0v) is 20.1. The van der Waals surface area contributed by atoms with E-state index >= 15 is 0 Å². The summed E-state index contributed by atoms with van der Waals surface area (Å²) >= 11 is 12.2. The van der Waals surface area contributed by atoms with Gasteiger partial charge in [-0.05, 0) is 41.0 Å². The molecule has 0 heterocycles. The Balaban J connectivity index is 1.83. The standard InChI is InChI=1S/C26H26Cl2N2O3/c1-18(31)30(17-20-8-12-23(33-2)13-9-20)25(14-19-6-4-3-5-7-19)26(32)29-16-21-10-11-22(27)15-24(21)28/h3-13,15,25H,14,16-17H2,1-2H3,(H,29,32). The maximum absolute atomic E-state index is 13.3. The monoisotopic (exact) mass is 484 g/mol. The molecular formula is C26H26Cl2N2O3. The molecule has 7 heteroatoms. The van der Waals surface area contributed by atoms with Crippen molar-refractivity contribution in [3.05, 3.63) is 99.5 Å². The largest absolute Gasteiger partial charge is 0.497 e. The summed E-state index contributed by atoms with van der Waals surface area (Å²) in [5.74, 6) is 0.284. The summed E-state index contributed by atoms with van der Waals surface area (Å²) in [5.41, 5.74) is 2.61. The summed E-state index contributed by atoms with van der Waals surface area (Å²) in [5, 5.41) is 3.94. The molecule has 0 saturated heterocycles. The molecule has 0 aliphatic heterocycles. The lowest BCUT2D eigenvalue weighted by atomic mass is 10.0. The van der Waals surface area contributed by atoms with Crippen LogP contribution in [0.15, 0.2) is 72.8 Å². The van der Waals surface area contributed by atoms with Gasteiger partial charge >= 0.3 is 0 Å². The molecule has 0 spiro atoms. The van der Waals surface area contributed by atoms with E-state index in [4.69, 9.17) is 27.9 Å². The molecule has 1 unspecified atom stereocenters. The lowest BCUT2D eigenvalue weighted by molar-refractivity contribution is -0.139. The minimum absolute atomic E-state index is 0.188. The third-order valence-electron chi connectivity index (χ3n) is 5.34. The van der Waals surface area contributed by atoms with Crippen LogP contribution in [0.3, 0.4) is 0 Å². The highest BCUT2D eigenvalue weighted by Crippen LogP contribution is 2.21. The van der Waals surface area contributed by atoms with Crippen molar-refractivity contribution in [3.63, 3.8) is 0 Å². The van der Waals surface area contributed by atoms with Crippen LogP contribution in [-0.2, 0) is 29.1 Å². The predicted octanol–water partition coefficient (Wildman–Crippen LogP) is 5.28. The fourth-order valence-electron chi connectivity index (χ4n) is 3.52. The van der Waals surface area contributed by atoms with Crippen molar-refractivity contribution in [2.45, 2.75) is 32.5 Å². The Morgan fingerprint density at radius 3 is 2.27 bits per heavy atom. The molecule has 0 radical (unpaired) electrons. The Bertz CT molecular complexity index is 1090. The van der Waals surface area contributed by atoms with E-state index in [2.05, 4.69) is 5.32 Å². The fraction of sp³-hybridized carbons (Fsp3) is 0.231. The molecule has 5 nitrogen and oxygen atoms in total. The molecule has 33 heavy (non-hydrogen) atoms. The van der Waals surface area contributed by atoms with Crippen molar-refractivity contribution in [1.29, 1.82) is 0 Å². The molecule has 3 rings (SSSR count). The Labute approximate surface area is 204 Å². The highest BCUT2D eigenvalue weighted by Gasteiger charge is 2.28. The quantitative estimate of drug-likeness (QED) is 0.449. The van der Waals surface area contributed by atoms with Crippen LogP contribution >= 0.6 is 23.2 Å². The van der Waals surface area contributed by atoms with Gasteiger partial charge in [-0.1, -0.05) is 71.7 Å². The molecule has 0 aliphatic carbocycles. The molecule has 0 aromatic heterocycles. The van der Waals surface area contributed by atoms with Crippen LogP contribution < -0.4 is 10.1 Å². The normalized spacial score (nSPS) is 11.5. The van der Waals surface area contributed by atoms with Gasteiger partial charge in [0.05, 0.1) is 7.11 Å². The first-order chi connectivity index (χ1) is 15.9. The van der Waals surface area contributed by atoms with Crippen molar-refractivity contribution in [2.75, 3.05) is 7.11 Å². The Morgan fingerprint density at radius 2 is 1.67 bits per heavy atom. The van der Waals surface area contributed by atoms with Gasteiger partial charge in [-0.15, -0.1) is 0 Å². The summed E-state index contributed by atoms with van der Waals surface area (Å²) in [6, 6.07) is 21.5. The second-order valence-electron chi connectivity index (χ2n) is 7.65. The van der Waals surface area contributed by atoms with Gasteiger partial charge in [-0.25, -0.2) is 0 Å². The third-order valence-corrected chi connectivity index (χ3v) is 5.92. The lowest BCUT2D eigenvalue weighted by Crippen LogP contribution is -2.49. The maximum atomic E-state index is 13.3. The topological polar surface area (TPSA) is 58.6 Å². The van der Waals surface area contributed by atoms with Crippen LogP contribution in [-0.4, -0.2) is 29.9 Å². The van der Waals surface area contributed by atoms with E-state index in [0.717, 1.165) is 22.4 Å². The summed E-state index contributed by atoms with van der Waals surface area (Å²) in [4.78, 5) is 27.6. The van der Waals surface area contributed by atoms with Crippen molar-refractivity contribution in [3.8, 4) is 5.75 Å². The molecule has 1 atom stereocenters. The SMILES string of the molecule is COc1ccc(CN(C(C)=O)C(Cc2ccccc2)C(=O)NCc2ccc(Cl)cc2Cl)cc1. The van der Waals surface area contributed by atoms with Gasteiger partial charge in [0.1, 0.15) is 11.8 Å². The van der Waals surface area contributed by atoms with E-state index in [1.807, 2.05) is 54.6 Å². The van der Waals surface area contributed by atoms with Gasteiger partial charge in [-0.3, -0.25) is 9.59 Å². The van der Waals surface area contributed by atoms with Gasteiger partial charge in [0, 0.05) is 36.5 Å². The second kappa shape index (κ2) is 11.7. The number of benzene rings is 3. The second-order valence-corrected chi connectivity index (χ2v) is 8.50. The molecule has 0 saturated carbocycles. The molecule has 172 valence electrons. The van der Waals surface area contributed by atoms with Crippen LogP contribution in [0, 0.1) is 0 Å². The fourth-order valence-corrected chi connectivity index (χ4v) is 3.99. The maximum Gasteiger partial charge on any atom is 0.243 e. The van der Waals surface area contributed by atoms with E-state index in [9.17, 15) is 9.59 Å². The van der Waals surface area contributed by atoms with Crippen molar-refractivity contribution < 1.29 is 14.3 Å². The first-order valence-corrected chi connectivity index (χ1v) is 11.3. The number of carbonyl (C=O) groups excluding carboxylic acids is 2. The molecular weight excluding hydrogens is 459 g/mol. The van der Waals surface area contributed by atoms with Crippen LogP contribution in [0.1, 0.15) is 23.6 Å². The number of nitrogens with one attached hydrogen (secondary N) is 1. The number of methoxy groups -OCH3 is 1. The summed E-state index contributed by atoms with van der Waals surface area (Å²) in [6.07, 6.45) is 0.386. The Kier molecular flexibility index (Phi) is 8.75. The minimum atomic E-state index is -0.696. The lowest BCUT2D eigenvalue weighted by Gasteiger charge is -2.30. The van der Waals surface area contributed by atoms with Gasteiger partial charge < -0.3 is 15.0 Å². The third kappa shape index (κ3) is 6.98. The van der Waals surface area contributed by atoms with Crippen molar-refractivity contribution >= 4 is 35.0 Å². The van der Waals surface area contributed by atoms with Gasteiger partial charge in [0.25, 0.3) is 0 Å². The smallest absolute Gasteiger partial charge is 0.243 e. The summed E-state index contributed by atoms with van der Waals surface area (Å²) in [6.45, 7) is 2.01. The van der Waals surface area contributed by atoms with Gasteiger partial charge in [-0.2, -0.15) is 0 Å². The number of nitrogens with zero attached hydrogens (tertiary/aromatic N) is 1. The Hall–Kier alpha value is -3.02. The van der Waals surface area contributed by atoms with E-state index in [1.54, 1.807) is 30.2 Å². The summed E-state index contributed by atoms with van der Waals surface area (Å²) in [7, 11) is 1.60. The number of carbonyl (C=O) groups is 2. The molecule has 1 N–H and O–H groups in total. The van der Waals surface area contributed by atoms with E-state index < -0.39 is 6.04 Å². The van der Waals surface area contributed by atoms with Crippen LogP contribution in [0.5, 0.6) is 5.75 Å².